The average Bonchev–Trinajstić information content (AvgIpc) is 3.28. The van der Waals surface area contributed by atoms with Gasteiger partial charge in [0.2, 0.25) is 10.0 Å². The van der Waals surface area contributed by atoms with Crippen LogP contribution in [0.3, 0.4) is 0 Å². The fourth-order valence-corrected chi connectivity index (χ4v) is 3.91. The van der Waals surface area contributed by atoms with Crippen LogP contribution in [0, 0.1) is 5.82 Å². The number of carbonyl (C=O) groups excluding carboxylic acids is 1. The van der Waals surface area contributed by atoms with Crippen molar-refractivity contribution >= 4 is 33.3 Å². The second kappa shape index (κ2) is 10.4. The maximum Gasteiger partial charge on any atom is 0.254 e. The van der Waals surface area contributed by atoms with Crippen LogP contribution in [0.2, 0.25) is 0 Å². The first-order valence-electron chi connectivity index (χ1n) is 10.7. The number of nitrogens with two attached hydrogens (primary N) is 1. The Morgan fingerprint density at radius 2 is 2.00 bits per heavy atom. The number of rotatable bonds is 10. The third-order valence-electron chi connectivity index (χ3n) is 5.07. The Morgan fingerprint density at radius 3 is 2.69 bits per heavy atom. The summed E-state index contributed by atoms with van der Waals surface area (Å²) < 4.78 is 46.8. The van der Waals surface area contributed by atoms with E-state index >= 15 is 0 Å². The van der Waals surface area contributed by atoms with Crippen LogP contribution in [0.5, 0.6) is 5.75 Å². The van der Waals surface area contributed by atoms with E-state index in [-0.39, 0.29) is 46.4 Å². The van der Waals surface area contributed by atoms with Gasteiger partial charge in [0.1, 0.15) is 41.1 Å². The summed E-state index contributed by atoms with van der Waals surface area (Å²) in [6.07, 6.45) is 4.42. The fraction of sp³-hybridized carbons (Fsp3) is 0.130. The zero-order chi connectivity index (χ0) is 25.7. The number of nitrogens with one attached hydrogen (secondary N) is 3. The van der Waals surface area contributed by atoms with Crippen molar-refractivity contribution in [2.24, 2.45) is 5.73 Å². The number of anilines is 3. The van der Waals surface area contributed by atoms with Gasteiger partial charge in [-0.25, -0.2) is 17.8 Å². The molecule has 0 spiro atoms. The number of aromatic nitrogens is 4. The number of hydrogen-bond donors (Lipinski definition) is 4. The lowest BCUT2D eigenvalue weighted by atomic mass is 10.1. The number of hydrogen-bond acceptors (Lipinski definition) is 8. The van der Waals surface area contributed by atoms with Gasteiger partial charge in [-0.3, -0.25) is 19.6 Å². The number of aromatic amines is 1. The quantitative estimate of drug-likeness (QED) is 0.252. The molecular weight excluding hydrogens is 489 g/mol. The zero-order valence-corrected chi connectivity index (χ0v) is 19.8. The Hall–Kier alpha value is -4.52. The maximum atomic E-state index is 14.1. The second-order valence-corrected chi connectivity index (χ2v) is 9.51. The van der Waals surface area contributed by atoms with Gasteiger partial charge in [-0.1, -0.05) is 24.3 Å². The number of H-pyrrole nitrogens is 1. The standard InChI is InChI=1S/C23H22FN7O4S/c1-2-36(33,34)31-17-8-7-14(11-18(17)35-13-15-5-3-4-6-16(15)24)21-20(22(25)32)23(30-29-21)28-19-12-26-9-10-27-19/h3-12,31H,2,13H2,1H3,(H2,25,32)(H2,27,28,29,30). The molecule has 0 saturated carbocycles. The van der Waals surface area contributed by atoms with Gasteiger partial charge in [0.05, 0.1) is 17.6 Å². The van der Waals surface area contributed by atoms with E-state index in [1.165, 1.54) is 43.7 Å². The summed E-state index contributed by atoms with van der Waals surface area (Å²) in [4.78, 5) is 20.4. The molecule has 0 aliphatic carbocycles. The molecule has 11 nitrogen and oxygen atoms in total. The molecule has 0 fully saturated rings. The molecule has 186 valence electrons. The van der Waals surface area contributed by atoms with Crippen molar-refractivity contribution in [3.63, 3.8) is 0 Å². The lowest BCUT2D eigenvalue weighted by Crippen LogP contribution is -2.16. The maximum absolute atomic E-state index is 14.1. The third-order valence-corrected chi connectivity index (χ3v) is 6.36. The molecule has 0 saturated heterocycles. The minimum atomic E-state index is -3.64. The van der Waals surface area contributed by atoms with Crippen LogP contribution in [0.1, 0.15) is 22.8 Å². The highest BCUT2D eigenvalue weighted by Crippen LogP contribution is 2.35. The Morgan fingerprint density at radius 1 is 1.19 bits per heavy atom. The molecule has 0 bridgehead atoms. The van der Waals surface area contributed by atoms with Gasteiger partial charge >= 0.3 is 0 Å². The van der Waals surface area contributed by atoms with Crippen molar-refractivity contribution in [2.45, 2.75) is 13.5 Å². The van der Waals surface area contributed by atoms with Crippen molar-refractivity contribution in [2.75, 3.05) is 15.8 Å². The lowest BCUT2D eigenvalue weighted by molar-refractivity contribution is 0.100. The van der Waals surface area contributed by atoms with Crippen LogP contribution in [-0.4, -0.2) is 40.2 Å². The Bertz CT molecular complexity index is 1490. The summed E-state index contributed by atoms with van der Waals surface area (Å²) in [5.41, 5.74) is 6.69. The number of halogens is 1. The van der Waals surface area contributed by atoms with Crippen LogP contribution < -0.4 is 20.5 Å². The molecule has 2 aromatic carbocycles. The second-order valence-electron chi connectivity index (χ2n) is 7.50. The molecule has 13 heteroatoms. The van der Waals surface area contributed by atoms with E-state index < -0.39 is 21.7 Å². The molecule has 4 aromatic rings. The van der Waals surface area contributed by atoms with E-state index in [4.69, 9.17) is 10.5 Å². The minimum absolute atomic E-state index is 0.0441. The van der Waals surface area contributed by atoms with Crippen molar-refractivity contribution in [1.29, 1.82) is 0 Å². The van der Waals surface area contributed by atoms with Crippen LogP contribution in [0.4, 0.5) is 21.7 Å². The van der Waals surface area contributed by atoms with E-state index in [0.29, 0.717) is 11.4 Å². The van der Waals surface area contributed by atoms with Gasteiger partial charge in [-0.15, -0.1) is 0 Å². The predicted octanol–water partition coefficient (Wildman–Crippen LogP) is 3.19. The number of ether oxygens (including phenoxy) is 1. The fourth-order valence-electron chi connectivity index (χ4n) is 3.26. The number of benzene rings is 2. The van der Waals surface area contributed by atoms with Crippen LogP contribution in [0.15, 0.2) is 61.1 Å². The predicted molar refractivity (Wildman–Crippen MR) is 132 cm³/mol. The van der Waals surface area contributed by atoms with E-state index in [1.807, 2.05) is 0 Å². The first-order valence-corrected chi connectivity index (χ1v) is 12.3. The number of nitrogens with zero attached hydrogens (tertiary/aromatic N) is 3. The van der Waals surface area contributed by atoms with Crippen LogP contribution in [-0.2, 0) is 16.6 Å². The lowest BCUT2D eigenvalue weighted by Gasteiger charge is -2.15. The summed E-state index contributed by atoms with van der Waals surface area (Å²) in [5.74, 6) is -0.739. The minimum Gasteiger partial charge on any atom is -0.487 e. The summed E-state index contributed by atoms with van der Waals surface area (Å²) in [7, 11) is -3.64. The summed E-state index contributed by atoms with van der Waals surface area (Å²) >= 11 is 0. The zero-order valence-electron chi connectivity index (χ0n) is 19.0. The Balaban J connectivity index is 1.73. The molecule has 2 aromatic heterocycles. The van der Waals surface area contributed by atoms with Gasteiger partial charge in [0.25, 0.3) is 5.91 Å². The van der Waals surface area contributed by atoms with Crippen LogP contribution >= 0.6 is 0 Å². The number of amides is 1. The number of carbonyl (C=O) groups is 1. The molecule has 2 heterocycles. The van der Waals surface area contributed by atoms with Gasteiger partial charge in [0, 0.05) is 23.5 Å². The number of primary amides is 1. The van der Waals surface area contributed by atoms with Gasteiger partial charge in [0.15, 0.2) is 0 Å². The van der Waals surface area contributed by atoms with Gasteiger partial charge in [-0.05, 0) is 25.1 Å². The van der Waals surface area contributed by atoms with Gasteiger partial charge < -0.3 is 15.8 Å². The molecule has 1 amide bonds. The topological polar surface area (TPSA) is 165 Å². The van der Waals surface area contributed by atoms with Crippen LogP contribution in [0.25, 0.3) is 11.3 Å². The first-order chi connectivity index (χ1) is 17.3. The van der Waals surface area contributed by atoms with E-state index in [2.05, 4.69) is 30.2 Å². The molecular formula is C23H22FN7O4S. The highest BCUT2D eigenvalue weighted by atomic mass is 32.2. The van der Waals surface area contributed by atoms with E-state index in [9.17, 15) is 17.6 Å². The van der Waals surface area contributed by atoms with Crippen molar-refractivity contribution in [3.05, 3.63) is 78.0 Å². The Kier molecular flexibility index (Phi) is 7.10. The molecule has 4 rings (SSSR count). The van der Waals surface area contributed by atoms with Crippen molar-refractivity contribution in [3.8, 4) is 17.0 Å². The smallest absolute Gasteiger partial charge is 0.254 e. The molecule has 0 unspecified atom stereocenters. The molecule has 0 aliphatic rings. The largest absolute Gasteiger partial charge is 0.487 e. The molecule has 36 heavy (non-hydrogen) atoms. The SMILES string of the molecule is CCS(=O)(=O)Nc1ccc(-c2n[nH]c(Nc3cnccn3)c2C(N)=O)cc1OCc1ccccc1F. The van der Waals surface area contributed by atoms with Crippen molar-refractivity contribution in [1.82, 2.24) is 20.2 Å². The molecule has 5 N–H and O–H groups in total. The molecule has 0 atom stereocenters. The normalized spacial score (nSPS) is 11.2. The third kappa shape index (κ3) is 5.58. The van der Waals surface area contributed by atoms with Gasteiger partial charge in [-0.2, -0.15) is 5.10 Å². The highest BCUT2D eigenvalue weighted by molar-refractivity contribution is 7.92. The highest BCUT2D eigenvalue weighted by Gasteiger charge is 2.22. The molecule has 0 aliphatic heterocycles. The monoisotopic (exact) mass is 511 g/mol. The Labute approximate surface area is 206 Å². The number of sulfonamides is 1. The van der Waals surface area contributed by atoms with E-state index in [0.717, 1.165) is 0 Å². The average molecular weight is 512 g/mol. The van der Waals surface area contributed by atoms with Crippen molar-refractivity contribution < 1.29 is 22.3 Å². The summed E-state index contributed by atoms with van der Waals surface area (Å²) in [5, 5.41) is 9.83. The molecule has 0 radical (unpaired) electrons. The summed E-state index contributed by atoms with van der Waals surface area (Å²) in [6, 6.07) is 10.6. The van der Waals surface area contributed by atoms with E-state index in [1.54, 1.807) is 24.3 Å². The summed E-state index contributed by atoms with van der Waals surface area (Å²) in [6.45, 7) is 1.32. The first kappa shape index (κ1) is 24.6.